The van der Waals surface area contributed by atoms with Gasteiger partial charge in [-0.15, -0.1) is 0 Å². The number of rotatable bonds is 7. The summed E-state index contributed by atoms with van der Waals surface area (Å²) < 4.78 is 5.53. The third kappa shape index (κ3) is 4.77. The summed E-state index contributed by atoms with van der Waals surface area (Å²) in [7, 11) is 0. The molecule has 1 aromatic rings. The Bertz CT molecular complexity index is 459. The van der Waals surface area contributed by atoms with Gasteiger partial charge in [0, 0.05) is 31.3 Å². The Morgan fingerprint density at radius 2 is 2.05 bits per heavy atom. The monoisotopic (exact) mass is 294 g/mol. The van der Waals surface area contributed by atoms with E-state index in [1.165, 1.54) is 0 Å². The highest BCUT2D eigenvalue weighted by Crippen LogP contribution is 2.19. The minimum absolute atomic E-state index is 0.0674. The standard InChI is InChI=1S/C15H22N2O4/c18-11-12-21-14-6-9-16(10-7-14)8-5-13-3-1-2-4-15(13)17(19)20/h1-4,14,18H,5-12H2. The Labute approximate surface area is 124 Å². The van der Waals surface area contributed by atoms with E-state index in [1.807, 2.05) is 12.1 Å². The van der Waals surface area contributed by atoms with Gasteiger partial charge in [-0.2, -0.15) is 0 Å². The smallest absolute Gasteiger partial charge is 0.272 e. The number of nitrogens with zero attached hydrogens (tertiary/aromatic N) is 2. The van der Waals surface area contributed by atoms with E-state index in [1.54, 1.807) is 12.1 Å². The van der Waals surface area contributed by atoms with E-state index in [-0.39, 0.29) is 23.3 Å². The maximum atomic E-state index is 11.0. The highest BCUT2D eigenvalue weighted by atomic mass is 16.6. The van der Waals surface area contributed by atoms with Crippen molar-refractivity contribution in [1.29, 1.82) is 0 Å². The van der Waals surface area contributed by atoms with Crippen molar-refractivity contribution in [3.63, 3.8) is 0 Å². The molecule has 1 saturated heterocycles. The molecular weight excluding hydrogens is 272 g/mol. The number of aliphatic hydroxyl groups excluding tert-OH is 1. The van der Waals surface area contributed by atoms with Crippen LogP contribution in [0, 0.1) is 10.1 Å². The molecule has 116 valence electrons. The number of aliphatic hydroxyl groups is 1. The molecular formula is C15H22N2O4. The molecule has 0 bridgehead atoms. The Hall–Kier alpha value is -1.50. The average molecular weight is 294 g/mol. The molecule has 0 atom stereocenters. The second-order valence-electron chi connectivity index (χ2n) is 5.27. The Morgan fingerprint density at radius 3 is 2.71 bits per heavy atom. The maximum absolute atomic E-state index is 11.0. The fourth-order valence-electron chi connectivity index (χ4n) is 2.70. The van der Waals surface area contributed by atoms with Gasteiger partial charge in [0.15, 0.2) is 0 Å². The summed E-state index contributed by atoms with van der Waals surface area (Å²) >= 11 is 0. The highest BCUT2D eigenvalue weighted by molar-refractivity contribution is 5.39. The average Bonchev–Trinajstić information content (AvgIpc) is 2.52. The van der Waals surface area contributed by atoms with Crippen LogP contribution in [0.4, 0.5) is 5.69 Å². The molecule has 1 aliphatic heterocycles. The van der Waals surface area contributed by atoms with E-state index < -0.39 is 0 Å². The molecule has 2 rings (SSSR count). The second-order valence-corrected chi connectivity index (χ2v) is 5.27. The van der Waals surface area contributed by atoms with Crippen molar-refractivity contribution in [2.45, 2.75) is 25.4 Å². The second kappa shape index (κ2) is 8.07. The normalized spacial score (nSPS) is 17.0. The molecule has 0 aromatic heterocycles. The molecule has 0 spiro atoms. The van der Waals surface area contributed by atoms with Gasteiger partial charge in [-0.3, -0.25) is 10.1 Å². The number of likely N-dealkylation sites (tertiary alicyclic amines) is 1. The first kappa shape index (κ1) is 15.9. The van der Waals surface area contributed by atoms with Crippen LogP contribution in [0.5, 0.6) is 0 Å². The van der Waals surface area contributed by atoms with Crippen LogP contribution in [0.3, 0.4) is 0 Å². The van der Waals surface area contributed by atoms with Gasteiger partial charge in [0.1, 0.15) is 0 Å². The lowest BCUT2D eigenvalue weighted by molar-refractivity contribution is -0.385. The molecule has 6 nitrogen and oxygen atoms in total. The number of hydrogen-bond donors (Lipinski definition) is 1. The van der Waals surface area contributed by atoms with Gasteiger partial charge in [-0.1, -0.05) is 18.2 Å². The van der Waals surface area contributed by atoms with E-state index in [0.717, 1.165) is 38.0 Å². The van der Waals surface area contributed by atoms with Gasteiger partial charge in [0.25, 0.3) is 5.69 Å². The number of para-hydroxylation sites is 1. The van der Waals surface area contributed by atoms with Crippen molar-refractivity contribution in [1.82, 2.24) is 4.90 Å². The summed E-state index contributed by atoms with van der Waals surface area (Å²) in [5, 5.41) is 19.7. The fraction of sp³-hybridized carbons (Fsp3) is 0.600. The Kier molecular flexibility index (Phi) is 6.10. The molecule has 21 heavy (non-hydrogen) atoms. The molecule has 1 heterocycles. The first-order chi connectivity index (χ1) is 10.2. The number of benzene rings is 1. The summed E-state index contributed by atoms with van der Waals surface area (Å²) in [4.78, 5) is 13.0. The molecule has 0 radical (unpaired) electrons. The summed E-state index contributed by atoms with van der Waals surface area (Å²) in [5.41, 5.74) is 1.000. The van der Waals surface area contributed by atoms with E-state index in [2.05, 4.69) is 4.90 Å². The SMILES string of the molecule is O=[N+]([O-])c1ccccc1CCN1CCC(OCCO)CC1. The number of nitro groups is 1. The van der Waals surface area contributed by atoms with E-state index in [4.69, 9.17) is 9.84 Å². The van der Waals surface area contributed by atoms with Crippen molar-refractivity contribution >= 4 is 5.69 Å². The van der Waals surface area contributed by atoms with Gasteiger partial charge < -0.3 is 14.7 Å². The number of piperidine rings is 1. The van der Waals surface area contributed by atoms with E-state index >= 15 is 0 Å². The molecule has 0 aliphatic carbocycles. The molecule has 0 unspecified atom stereocenters. The topological polar surface area (TPSA) is 75.8 Å². The molecule has 1 fully saturated rings. The van der Waals surface area contributed by atoms with Gasteiger partial charge in [0.05, 0.1) is 24.2 Å². The fourth-order valence-corrected chi connectivity index (χ4v) is 2.70. The van der Waals surface area contributed by atoms with Crippen LogP contribution in [0.2, 0.25) is 0 Å². The largest absolute Gasteiger partial charge is 0.394 e. The molecule has 1 N–H and O–H groups in total. The van der Waals surface area contributed by atoms with Crippen molar-refractivity contribution in [2.24, 2.45) is 0 Å². The first-order valence-electron chi connectivity index (χ1n) is 7.38. The summed E-state index contributed by atoms with van der Waals surface area (Å²) in [6.45, 7) is 3.18. The van der Waals surface area contributed by atoms with Crippen LogP contribution >= 0.6 is 0 Å². The highest BCUT2D eigenvalue weighted by Gasteiger charge is 2.20. The van der Waals surface area contributed by atoms with Crippen molar-refractivity contribution < 1.29 is 14.8 Å². The van der Waals surface area contributed by atoms with Crippen LogP contribution in [0.15, 0.2) is 24.3 Å². The van der Waals surface area contributed by atoms with Gasteiger partial charge in [-0.25, -0.2) is 0 Å². The van der Waals surface area contributed by atoms with Gasteiger partial charge in [-0.05, 0) is 19.3 Å². The van der Waals surface area contributed by atoms with Crippen LogP contribution in [-0.4, -0.2) is 53.9 Å². The molecule has 6 heteroatoms. The predicted octanol–water partition coefficient (Wildman–Crippen LogP) is 1.61. The minimum Gasteiger partial charge on any atom is -0.394 e. The van der Waals surface area contributed by atoms with Crippen molar-refractivity contribution in [3.05, 3.63) is 39.9 Å². The van der Waals surface area contributed by atoms with Crippen LogP contribution in [-0.2, 0) is 11.2 Å². The molecule has 1 aliphatic rings. The zero-order valence-corrected chi connectivity index (χ0v) is 12.1. The third-order valence-electron chi connectivity index (χ3n) is 3.87. The molecule has 0 saturated carbocycles. The van der Waals surface area contributed by atoms with E-state index in [0.29, 0.717) is 13.0 Å². The predicted molar refractivity (Wildman–Crippen MR) is 79.3 cm³/mol. The molecule has 1 aromatic carbocycles. The zero-order valence-electron chi connectivity index (χ0n) is 12.1. The van der Waals surface area contributed by atoms with Gasteiger partial charge >= 0.3 is 0 Å². The maximum Gasteiger partial charge on any atom is 0.272 e. The lowest BCUT2D eigenvalue weighted by atomic mass is 10.1. The zero-order chi connectivity index (χ0) is 15.1. The van der Waals surface area contributed by atoms with Crippen molar-refractivity contribution in [3.8, 4) is 0 Å². The van der Waals surface area contributed by atoms with Crippen LogP contribution in [0.25, 0.3) is 0 Å². The lowest BCUT2D eigenvalue weighted by Crippen LogP contribution is -2.38. The first-order valence-corrected chi connectivity index (χ1v) is 7.38. The number of nitro benzene ring substituents is 1. The van der Waals surface area contributed by atoms with Gasteiger partial charge in [0.2, 0.25) is 0 Å². The van der Waals surface area contributed by atoms with Crippen LogP contribution < -0.4 is 0 Å². The van der Waals surface area contributed by atoms with E-state index in [9.17, 15) is 10.1 Å². The summed E-state index contributed by atoms with van der Waals surface area (Å²) in [6.07, 6.45) is 2.84. The minimum atomic E-state index is -0.315. The molecule has 0 amide bonds. The van der Waals surface area contributed by atoms with Crippen molar-refractivity contribution in [2.75, 3.05) is 32.8 Å². The Balaban J connectivity index is 1.79. The number of hydrogen-bond acceptors (Lipinski definition) is 5. The van der Waals surface area contributed by atoms with Crippen LogP contribution in [0.1, 0.15) is 18.4 Å². The quantitative estimate of drug-likeness (QED) is 0.611. The lowest BCUT2D eigenvalue weighted by Gasteiger charge is -2.31. The third-order valence-corrected chi connectivity index (χ3v) is 3.87. The summed E-state index contributed by atoms with van der Waals surface area (Å²) in [6, 6.07) is 6.93. The number of ether oxygens (including phenoxy) is 1. The Morgan fingerprint density at radius 1 is 1.33 bits per heavy atom. The summed E-state index contributed by atoms with van der Waals surface area (Å²) in [5.74, 6) is 0.